The van der Waals surface area contributed by atoms with Crippen LogP contribution in [0.25, 0.3) is 5.76 Å². The first-order valence-corrected chi connectivity index (χ1v) is 10.2. The zero-order valence-electron chi connectivity index (χ0n) is 17.7. The van der Waals surface area contributed by atoms with E-state index in [-0.39, 0.29) is 24.5 Å². The van der Waals surface area contributed by atoms with E-state index in [1.807, 2.05) is 13.8 Å². The number of likely N-dealkylation sites (tertiary alicyclic amines) is 1. The lowest BCUT2D eigenvalue weighted by molar-refractivity contribution is -0.144. The topological polar surface area (TPSA) is 87.2 Å². The number of benzene rings is 2. The molecule has 7 nitrogen and oxygen atoms in total. The van der Waals surface area contributed by atoms with Crippen molar-refractivity contribution in [3.63, 3.8) is 0 Å². The summed E-state index contributed by atoms with van der Waals surface area (Å²) in [5.41, 5.74) is 0.542. The monoisotopic (exact) mass is 420 g/mol. The van der Waals surface area contributed by atoms with Gasteiger partial charge in [-0.3, -0.25) is 14.4 Å². The standard InChI is InChI=1S/C24H24N2O5/c1-4-25-18-8-6-5-7-17(18)24(23(25)30)19(20(27)16-11-9-15(2)10-12-16)21(28)22(29)26(24)13-14-31-3/h5-12,27H,4,13-14H2,1-3H3/t24-/m0/s1. The number of hydrogen-bond acceptors (Lipinski definition) is 5. The molecule has 1 N–H and O–H groups in total. The number of carbonyl (C=O) groups is 3. The van der Waals surface area contributed by atoms with Gasteiger partial charge in [0, 0.05) is 31.3 Å². The summed E-state index contributed by atoms with van der Waals surface area (Å²) >= 11 is 0. The van der Waals surface area contributed by atoms with E-state index < -0.39 is 23.1 Å². The van der Waals surface area contributed by atoms with Crippen molar-refractivity contribution in [2.75, 3.05) is 31.7 Å². The van der Waals surface area contributed by atoms with E-state index in [0.717, 1.165) is 5.56 Å². The second kappa shape index (κ2) is 7.67. The molecule has 0 bridgehead atoms. The van der Waals surface area contributed by atoms with Crippen LogP contribution in [0.5, 0.6) is 0 Å². The maximum atomic E-state index is 13.9. The van der Waals surface area contributed by atoms with Gasteiger partial charge in [-0.1, -0.05) is 48.0 Å². The van der Waals surface area contributed by atoms with Crippen LogP contribution >= 0.6 is 0 Å². The number of aliphatic hydroxyl groups is 1. The van der Waals surface area contributed by atoms with Gasteiger partial charge < -0.3 is 19.6 Å². The maximum absolute atomic E-state index is 13.9. The minimum absolute atomic E-state index is 0.0311. The Morgan fingerprint density at radius 1 is 1.06 bits per heavy atom. The molecule has 2 aromatic rings. The number of amides is 2. The van der Waals surface area contributed by atoms with Gasteiger partial charge in [0.2, 0.25) is 0 Å². The average Bonchev–Trinajstić information content (AvgIpc) is 3.15. The Kier molecular flexibility index (Phi) is 5.15. The SMILES string of the molecule is CCN1C(=O)[C@@]2(C(=C(O)c3ccc(C)cc3)C(=O)C(=O)N2CCOC)c2ccccc21. The van der Waals surface area contributed by atoms with Crippen molar-refractivity contribution in [1.29, 1.82) is 0 Å². The number of methoxy groups -OCH3 is 1. The smallest absolute Gasteiger partial charge is 0.296 e. The van der Waals surface area contributed by atoms with Crippen LogP contribution in [0.4, 0.5) is 5.69 Å². The number of fused-ring (bicyclic) bond motifs is 2. The number of Topliss-reactive ketones (excluding diaryl/α,β-unsaturated/α-hetero) is 1. The van der Waals surface area contributed by atoms with Gasteiger partial charge in [-0.2, -0.15) is 0 Å². The number of aryl methyl sites for hydroxylation is 1. The summed E-state index contributed by atoms with van der Waals surface area (Å²) < 4.78 is 5.15. The number of anilines is 1. The van der Waals surface area contributed by atoms with Gasteiger partial charge >= 0.3 is 0 Å². The molecule has 0 aliphatic carbocycles. The van der Waals surface area contributed by atoms with Crippen molar-refractivity contribution >= 4 is 29.0 Å². The van der Waals surface area contributed by atoms with Gasteiger partial charge in [0.05, 0.1) is 17.9 Å². The molecule has 1 fully saturated rings. The maximum Gasteiger partial charge on any atom is 0.296 e. The highest BCUT2D eigenvalue weighted by molar-refractivity contribution is 6.50. The summed E-state index contributed by atoms with van der Waals surface area (Å²) in [6, 6.07) is 14.0. The van der Waals surface area contributed by atoms with Crippen LogP contribution in [0.3, 0.4) is 0 Å². The molecule has 4 rings (SSSR count). The van der Waals surface area contributed by atoms with Gasteiger partial charge in [-0.05, 0) is 19.9 Å². The fourth-order valence-corrected chi connectivity index (χ4v) is 4.52. The lowest BCUT2D eigenvalue weighted by Crippen LogP contribution is -2.52. The van der Waals surface area contributed by atoms with Crippen LogP contribution in [-0.2, 0) is 24.7 Å². The Bertz CT molecular complexity index is 1110. The zero-order valence-corrected chi connectivity index (χ0v) is 17.7. The van der Waals surface area contributed by atoms with E-state index in [2.05, 4.69) is 0 Å². The summed E-state index contributed by atoms with van der Waals surface area (Å²) in [5.74, 6) is -2.50. The molecule has 0 radical (unpaired) electrons. The fraction of sp³-hybridized carbons (Fsp3) is 0.292. The summed E-state index contributed by atoms with van der Waals surface area (Å²) in [4.78, 5) is 43.0. The first kappa shape index (κ1) is 20.8. The largest absolute Gasteiger partial charge is 0.507 e. The van der Waals surface area contributed by atoms with Crippen molar-refractivity contribution in [3.8, 4) is 0 Å². The molecule has 2 aromatic carbocycles. The van der Waals surface area contributed by atoms with E-state index in [1.165, 1.54) is 12.0 Å². The Hall–Kier alpha value is -3.45. The van der Waals surface area contributed by atoms with E-state index in [0.29, 0.717) is 23.4 Å². The molecule has 2 aliphatic rings. The van der Waals surface area contributed by atoms with Crippen LogP contribution in [0.1, 0.15) is 23.6 Å². The number of hydrogen-bond donors (Lipinski definition) is 1. The summed E-state index contributed by atoms with van der Waals surface area (Å²) in [5, 5.41) is 11.2. The second-order valence-corrected chi connectivity index (χ2v) is 7.65. The van der Waals surface area contributed by atoms with Crippen molar-refractivity contribution in [3.05, 3.63) is 70.8 Å². The Morgan fingerprint density at radius 2 is 1.74 bits per heavy atom. The van der Waals surface area contributed by atoms with E-state index in [4.69, 9.17) is 4.74 Å². The molecule has 0 unspecified atom stereocenters. The summed E-state index contributed by atoms with van der Waals surface area (Å²) in [7, 11) is 1.48. The van der Waals surface area contributed by atoms with Crippen LogP contribution in [0, 0.1) is 6.92 Å². The van der Waals surface area contributed by atoms with Gasteiger partial charge in [-0.15, -0.1) is 0 Å². The first-order valence-electron chi connectivity index (χ1n) is 10.2. The van der Waals surface area contributed by atoms with E-state index >= 15 is 0 Å². The number of para-hydroxylation sites is 1. The lowest BCUT2D eigenvalue weighted by atomic mass is 9.82. The van der Waals surface area contributed by atoms with Gasteiger partial charge in [0.1, 0.15) is 5.76 Å². The molecule has 2 aliphatic heterocycles. The molecule has 0 aromatic heterocycles. The van der Waals surface area contributed by atoms with Gasteiger partial charge in [0.15, 0.2) is 5.54 Å². The van der Waals surface area contributed by atoms with Gasteiger partial charge in [-0.25, -0.2) is 0 Å². The number of aliphatic hydroxyl groups excluding tert-OH is 1. The second-order valence-electron chi connectivity index (χ2n) is 7.65. The lowest BCUT2D eigenvalue weighted by Gasteiger charge is -2.34. The molecule has 160 valence electrons. The van der Waals surface area contributed by atoms with Gasteiger partial charge in [0.25, 0.3) is 17.6 Å². The molecule has 0 saturated carbocycles. The minimum atomic E-state index is -1.73. The Balaban J connectivity index is 2.06. The molecule has 1 saturated heterocycles. The number of likely N-dealkylation sites (N-methyl/N-ethyl adjacent to an activating group) is 1. The predicted molar refractivity (Wildman–Crippen MR) is 115 cm³/mol. The molecular weight excluding hydrogens is 396 g/mol. The molecule has 2 amide bonds. The van der Waals surface area contributed by atoms with E-state index in [9.17, 15) is 19.5 Å². The number of ether oxygens (including phenoxy) is 1. The quantitative estimate of drug-likeness (QED) is 0.456. The Morgan fingerprint density at radius 3 is 2.39 bits per heavy atom. The summed E-state index contributed by atoms with van der Waals surface area (Å²) in [6.45, 7) is 4.26. The van der Waals surface area contributed by atoms with Crippen molar-refractivity contribution in [2.24, 2.45) is 0 Å². The van der Waals surface area contributed by atoms with Crippen LogP contribution in [-0.4, -0.2) is 54.4 Å². The molecule has 31 heavy (non-hydrogen) atoms. The third-order valence-electron chi connectivity index (χ3n) is 5.97. The van der Waals surface area contributed by atoms with E-state index in [1.54, 1.807) is 53.4 Å². The third kappa shape index (κ3) is 2.80. The fourth-order valence-electron chi connectivity index (χ4n) is 4.52. The summed E-state index contributed by atoms with van der Waals surface area (Å²) in [6.07, 6.45) is 0. The predicted octanol–water partition coefficient (Wildman–Crippen LogP) is 2.58. The number of nitrogens with zero attached hydrogens (tertiary/aromatic N) is 2. The van der Waals surface area contributed by atoms with Crippen molar-refractivity contribution in [1.82, 2.24) is 4.90 Å². The molecule has 1 spiro atoms. The normalized spacial score (nSPS) is 22.0. The average molecular weight is 420 g/mol. The zero-order chi connectivity index (χ0) is 22.3. The molecule has 7 heteroatoms. The van der Waals surface area contributed by atoms with Crippen LogP contribution in [0.2, 0.25) is 0 Å². The first-order chi connectivity index (χ1) is 14.9. The minimum Gasteiger partial charge on any atom is -0.507 e. The van der Waals surface area contributed by atoms with Crippen molar-refractivity contribution < 1.29 is 24.2 Å². The van der Waals surface area contributed by atoms with Crippen LogP contribution < -0.4 is 4.90 Å². The Labute approximate surface area is 180 Å². The van der Waals surface area contributed by atoms with Crippen molar-refractivity contribution in [2.45, 2.75) is 19.4 Å². The molecule has 1 atom stereocenters. The number of rotatable bonds is 5. The number of ketones is 1. The molecule has 2 heterocycles. The highest BCUT2D eigenvalue weighted by Crippen LogP contribution is 2.53. The third-order valence-corrected chi connectivity index (χ3v) is 5.97. The highest BCUT2D eigenvalue weighted by Gasteiger charge is 2.66. The molecular formula is C24H24N2O5. The highest BCUT2D eigenvalue weighted by atomic mass is 16.5. The van der Waals surface area contributed by atoms with Crippen LogP contribution in [0.15, 0.2) is 54.1 Å². The number of carbonyl (C=O) groups excluding carboxylic acids is 3.